The summed E-state index contributed by atoms with van der Waals surface area (Å²) in [5, 5.41) is 3.12. The minimum Gasteiger partial charge on any atom is -0.320 e. The number of rotatable bonds is 5. The third kappa shape index (κ3) is 6.82. The Bertz CT molecular complexity index is 35.4. The maximum atomic E-state index is 3.12. The highest BCUT2D eigenvalue weighted by molar-refractivity contribution is 8.02. The summed E-state index contributed by atoms with van der Waals surface area (Å²) in [6.07, 6.45) is 4.09. The van der Waals surface area contributed by atoms with E-state index in [4.69, 9.17) is 0 Å². The third-order valence-electron chi connectivity index (χ3n) is 0.998. The number of hydrogen-bond acceptors (Lipinski definition) is 1. The normalized spacial score (nSPS) is 11.2. The van der Waals surface area contributed by atoms with E-state index in [2.05, 4.69) is 14.2 Å². The van der Waals surface area contributed by atoms with Gasteiger partial charge in [0.1, 0.15) is 0 Å². The first-order valence-corrected chi connectivity index (χ1v) is 6.01. The molecule has 2 atom stereocenters. The van der Waals surface area contributed by atoms with Crippen LogP contribution in [0.15, 0.2) is 0 Å². The molecule has 3 heteroatoms. The molecule has 0 radical (unpaired) electrons. The van der Waals surface area contributed by atoms with Crippen LogP contribution in [0.25, 0.3) is 0 Å². The van der Waals surface area contributed by atoms with Crippen LogP contribution < -0.4 is 5.32 Å². The molecule has 0 saturated heterocycles. The molecule has 1 nitrogen and oxygen atoms in total. The largest absolute Gasteiger partial charge is 0.320 e. The summed E-state index contributed by atoms with van der Waals surface area (Å²) < 4.78 is 0. The van der Waals surface area contributed by atoms with Gasteiger partial charge in [-0.2, -0.15) is 0 Å². The first kappa shape index (κ1) is 8.82. The van der Waals surface area contributed by atoms with Gasteiger partial charge in [-0.3, -0.25) is 0 Å². The second kappa shape index (κ2) is 7.82. The van der Waals surface area contributed by atoms with Gasteiger partial charge in [-0.15, -0.1) is 17.2 Å². The fourth-order valence-electron chi connectivity index (χ4n) is 0.529. The maximum Gasteiger partial charge on any atom is -0.00518 e. The molecular weight excluding hydrogens is 136 g/mol. The molecule has 8 heavy (non-hydrogen) atoms. The van der Waals surface area contributed by atoms with Crippen molar-refractivity contribution < 1.29 is 0 Å². The number of unbranched alkanes of at least 4 members (excludes halogenated alkanes) is 1. The Morgan fingerprint density at radius 2 is 2.25 bits per heavy atom. The van der Waals surface area contributed by atoms with Gasteiger partial charge in [0.15, 0.2) is 0 Å². The predicted molar refractivity (Wildman–Crippen MR) is 46.1 cm³/mol. The Kier molecular flexibility index (Phi) is 8.62. The Labute approximate surface area is 55.9 Å². The Morgan fingerprint density at radius 3 is 2.75 bits per heavy atom. The minimum absolute atomic E-state index is 1.06. The lowest BCUT2D eigenvalue weighted by Crippen LogP contribution is -2.07. The lowest BCUT2D eigenvalue weighted by Gasteiger charge is -1.95. The summed E-state index contributed by atoms with van der Waals surface area (Å²) >= 11 is 0. The summed E-state index contributed by atoms with van der Waals surface area (Å²) in [5.41, 5.74) is 0. The van der Waals surface area contributed by atoms with Gasteiger partial charge in [-0.1, -0.05) is 0 Å². The average Bonchev–Trinajstić information content (AvgIpc) is 1.81. The zero-order chi connectivity index (χ0) is 6.24. The van der Waals surface area contributed by atoms with Crippen LogP contribution in [0, 0.1) is 0 Å². The monoisotopic (exact) mass is 151 g/mol. The Hall–Kier alpha value is 0.820. The van der Waals surface area contributed by atoms with Gasteiger partial charge in [0, 0.05) is 0 Å². The molecule has 0 amide bonds. The summed E-state index contributed by atoms with van der Waals surface area (Å²) in [7, 11) is 5.83. The lowest BCUT2D eigenvalue weighted by molar-refractivity contribution is 0.715. The molecule has 0 aromatic carbocycles. The van der Waals surface area contributed by atoms with Crippen LogP contribution in [0.3, 0.4) is 0 Å². The van der Waals surface area contributed by atoms with E-state index in [1.165, 1.54) is 25.5 Å². The lowest BCUT2D eigenvalue weighted by atomic mass is 10.3. The van der Waals surface area contributed by atoms with Crippen molar-refractivity contribution in [1.29, 1.82) is 0 Å². The SMILES string of the molecule is CNCCCCPP. The standard InChI is InChI=1S/C5H15NP2/c1-6-4-2-3-5-8-7/h6,8H,2-5,7H2,1H3. The molecule has 0 saturated carbocycles. The molecule has 0 rings (SSSR count). The maximum absolute atomic E-state index is 3.12. The average molecular weight is 151 g/mol. The summed E-state index contributed by atoms with van der Waals surface area (Å²) in [5.74, 6) is 0. The van der Waals surface area contributed by atoms with Crippen molar-refractivity contribution in [3.05, 3.63) is 0 Å². The van der Waals surface area contributed by atoms with Crippen LogP contribution in [0.2, 0.25) is 0 Å². The van der Waals surface area contributed by atoms with E-state index < -0.39 is 0 Å². The van der Waals surface area contributed by atoms with Crippen molar-refractivity contribution in [1.82, 2.24) is 5.32 Å². The van der Waals surface area contributed by atoms with Gasteiger partial charge in [0.25, 0.3) is 0 Å². The van der Waals surface area contributed by atoms with E-state index in [1.807, 2.05) is 7.05 Å². The fourth-order valence-corrected chi connectivity index (χ4v) is 1.60. The molecule has 0 bridgehead atoms. The van der Waals surface area contributed by atoms with Crippen LogP contribution in [0.4, 0.5) is 0 Å². The molecule has 0 fully saturated rings. The Balaban J connectivity index is 2.53. The molecule has 0 heterocycles. The molecule has 0 aliphatic rings. The minimum atomic E-state index is 1.06. The second-order valence-corrected chi connectivity index (χ2v) is 3.90. The fraction of sp³-hybridized carbons (Fsp3) is 1.00. The highest BCUT2D eigenvalue weighted by Gasteiger charge is 1.82. The van der Waals surface area contributed by atoms with Gasteiger partial charge in [0.05, 0.1) is 0 Å². The molecule has 1 N–H and O–H groups in total. The van der Waals surface area contributed by atoms with E-state index in [-0.39, 0.29) is 0 Å². The van der Waals surface area contributed by atoms with E-state index in [1.54, 1.807) is 0 Å². The van der Waals surface area contributed by atoms with Crippen LogP contribution in [0.1, 0.15) is 12.8 Å². The van der Waals surface area contributed by atoms with Crippen molar-refractivity contribution in [3.8, 4) is 0 Å². The zero-order valence-electron chi connectivity index (χ0n) is 5.41. The third-order valence-corrected chi connectivity index (χ3v) is 2.51. The van der Waals surface area contributed by atoms with Crippen molar-refractivity contribution >= 4 is 17.2 Å². The van der Waals surface area contributed by atoms with Gasteiger partial charge >= 0.3 is 0 Å². The van der Waals surface area contributed by atoms with E-state index in [0.717, 1.165) is 8.27 Å². The van der Waals surface area contributed by atoms with Crippen LogP contribution >= 0.6 is 17.2 Å². The van der Waals surface area contributed by atoms with Crippen molar-refractivity contribution in [3.63, 3.8) is 0 Å². The second-order valence-electron chi connectivity index (χ2n) is 1.76. The summed E-state index contributed by atoms with van der Waals surface area (Å²) in [6, 6.07) is 0. The molecular formula is C5H15NP2. The van der Waals surface area contributed by atoms with Crippen LogP contribution in [-0.2, 0) is 0 Å². The van der Waals surface area contributed by atoms with Gasteiger partial charge in [0.2, 0.25) is 0 Å². The number of nitrogens with one attached hydrogen (secondary N) is 1. The summed E-state index contributed by atoms with van der Waals surface area (Å²) in [4.78, 5) is 0. The molecule has 0 aromatic rings. The van der Waals surface area contributed by atoms with E-state index >= 15 is 0 Å². The molecule has 0 aliphatic carbocycles. The highest BCUT2D eigenvalue weighted by atomic mass is 32.0. The Morgan fingerprint density at radius 1 is 1.50 bits per heavy atom. The quantitative estimate of drug-likeness (QED) is 0.463. The van der Waals surface area contributed by atoms with Gasteiger partial charge in [-0.25, -0.2) is 0 Å². The molecule has 0 aliphatic heterocycles. The van der Waals surface area contributed by atoms with Crippen LogP contribution in [-0.4, -0.2) is 19.8 Å². The zero-order valence-corrected chi connectivity index (χ0v) is 7.56. The van der Waals surface area contributed by atoms with Crippen molar-refractivity contribution in [2.75, 3.05) is 19.8 Å². The highest BCUT2D eigenvalue weighted by Crippen LogP contribution is 2.20. The first-order chi connectivity index (χ1) is 3.91. The molecule has 0 aromatic heterocycles. The first-order valence-electron chi connectivity index (χ1n) is 3.00. The molecule has 0 spiro atoms. The van der Waals surface area contributed by atoms with Gasteiger partial charge < -0.3 is 5.32 Å². The predicted octanol–water partition coefficient (Wildman–Crippen LogP) is 1.45. The topological polar surface area (TPSA) is 12.0 Å². The van der Waals surface area contributed by atoms with E-state index in [0.29, 0.717) is 0 Å². The van der Waals surface area contributed by atoms with Crippen molar-refractivity contribution in [2.24, 2.45) is 0 Å². The molecule has 50 valence electrons. The van der Waals surface area contributed by atoms with Crippen molar-refractivity contribution in [2.45, 2.75) is 12.8 Å². The van der Waals surface area contributed by atoms with Gasteiger partial charge in [-0.05, 0) is 32.6 Å². The van der Waals surface area contributed by atoms with Crippen LogP contribution in [0.5, 0.6) is 0 Å². The smallest absolute Gasteiger partial charge is 0.00518 e. The molecule has 2 unspecified atom stereocenters. The summed E-state index contributed by atoms with van der Waals surface area (Å²) in [6.45, 7) is 1.18. The van der Waals surface area contributed by atoms with E-state index in [9.17, 15) is 0 Å². The number of hydrogen-bond donors (Lipinski definition) is 1.